The van der Waals surface area contributed by atoms with E-state index < -0.39 is 30.3 Å². The summed E-state index contributed by atoms with van der Waals surface area (Å²) in [4.78, 5) is 33.6. The van der Waals surface area contributed by atoms with Crippen molar-refractivity contribution in [1.82, 2.24) is 20.3 Å². The second-order valence-electron chi connectivity index (χ2n) is 6.93. The number of carboxylic acids is 1. The topological polar surface area (TPSA) is 129 Å². The van der Waals surface area contributed by atoms with Crippen LogP contribution in [0.15, 0.2) is 48.8 Å². The number of carbonyl (C=O) groups is 2. The van der Waals surface area contributed by atoms with Gasteiger partial charge in [-0.05, 0) is 48.4 Å². The molecule has 2 heterocycles. The maximum Gasteiger partial charge on any atom is 0.433 e. The number of halogens is 3. The molecule has 0 radical (unpaired) electrons. The molecule has 4 N–H and O–H groups in total. The molecule has 33 heavy (non-hydrogen) atoms. The van der Waals surface area contributed by atoms with Gasteiger partial charge < -0.3 is 21.1 Å². The molecule has 0 aliphatic carbocycles. The highest BCUT2D eigenvalue weighted by Crippen LogP contribution is 2.29. The number of hydrogen-bond donors (Lipinski definition) is 4. The van der Waals surface area contributed by atoms with Crippen molar-refractivity contribution in [1.29, 1.82) is 0 Å². The van der Waals surface area contributed by atoms with Gasteiger partial charge in [-0.25, -0.2) is 15.0 Å². The van der Waals surface area contributed by atoms with E-state index in [0.29, 0.717) is 11.5 Å². The molecule has 0 unspecified atom stereocenters. The monoisotopic (exact) mass is 460 g/mol. The van der Waals surface area contributed by atoms with E-state index in [4.69, 9.17) is 5.11 Å². The molecule has 0 fully saturated rings. The van der Waals surface area contributed by atoms with Gasteiger partial charge in [0, 0.05) is 23.6 Å². The van der Waals surface area contributed by atoms with Gasteiger partial charge in [-0.2, -0.15) is 13.2 Å². The second-order valence-corrected chi connectivity index (χ2v) is 6.93. The van der Waals surface area contributed by atoms with Crippen LogP contribution in [0.5, 0.6) is 0 Å². The minimum atomic E-state index is -4.57. The summed E-state index contributed by atoms with van der Waals surface area (Å²) in [5.41, 5.74) is 1.79. The van der Waals surface area contributed by atoms with E-state index in [-0.39, 0.29) is 12.5 Å². The van der Waals surface area contributed by atoms with Gasteiger partial charge >= 0.3 is 12.1 Å². The number of rotatable bonds is 8. The number of anilines is 3. The molecule has 0 atom stereocenters. The summed E-state index contributed by atoms with van der Waals surface area (Å²) < 4.78 is 38.6. The number of nitrogens with zero attached hydrogens (tertiary/aromatic N) is 3. The third-order valence-electron chi connectivity index (χ3n) is 4.24. The molecule has 12 heteroatoms. The summed E-state index contributed by atoms with van der Waals surface area (Å²) in [6.07, 6.45) is -1.97. The van der Waals surface area contributed by atoms with Crippen molar-refractivity contribution in [3.63, 3.8) is 0 Å². The van der Waals surface area contributed by atoms with E-state index >= 15 is 0 Å². The lowest BCUT2D eigenvalue weighted by Gasteiger charge is -2.11. The summed E-state index contributed by atoms with van der Waals surface area (Å²) in [6.45, 7) is 1.22. The van der Waals surface area contributed by atoms with Crippen molar-refractivity contribution in [2.75, 3.05) is 23.7 Å². The SMILES string of the molecule is Cc1cc(Nc2nccc(C(F)(F)F)n2)cc(-c2ccc(NCC(=O)NCC(=O)O)nc2)c1. The van der Waals surface area contributed by atoms with Gasteiger partial charge in [0.1, 0.15) is 18.1 Å². The number of carboxylic acid groups (broad SMARTS) is 1. The average molecular weight is 460 g/mol. The summed E-state index contributed by atoms with van der Waals surface area (Å²) >= 11 is 0. The van der Waals surface area contributed by atoms with Crippen molar-refractivity contribution in [3.05, 3.63) is 60.0 Å². The van der Waals surface area contributed by atoms with Gasteiger partial charge in [-0.3, -0.25) is 9.59 Å². The Hall–Kier alpha value is -4.22. The highest BCUT2D eigenvalue weighted by molar-refractivity contribution is 5.84. The van der Waals surface area contributed by atoms with Crippen molar-refractivity contribution in [3.8, 4) is 11.1 Å². The van der Waals surface area contributed by atoms with Gasteiger partial charge in [0.15, 0.2) is 0 Å². The summed E-state index contributed by atoms with van der Waals surface area (Å²) in [6, 6.07) is 9.53. The molecular formula is C21H19F3N6O3. The molecule has 1 aromatic carbocycles. The van der Waals surface area contributed by atoms with Crippen LogP contribution >= 0.6 is 0 Å². The van der Waals surface area contributed by atoms with Crippen LogP contribution in [-0.2, 0) is 15.8 Å². The van der Waals surface area contributed by atoms with Crippen molar-refractivity contribution >= 4 is 29.3 Å². The molecule has 0 aliphatic heterocycles. The Bertz CT molecular complexity index is 1150. The Morgan fingerprint density at radius 1 is 1.03 bits per heavy atom. The average Bonchev–Trinajstić information content (AvgIpc) is 2.76. The van der Waals surface area contributed by atoms with Crippen LogP contribution in [0.4, 0.5) is 30.6 Å². The van der Waals surface area contributed by atoms with Crippen molar-refractivity contribution in [2.45, 2.75) is 13.1 Å². The number of pyridine rings is 1. The van der Waals surface area contributed by atoms with Crippen LogP contribution in [0.1, 0.15) is 11.3 Å². The zero-order valence-corrected chi connectivity index (χ0v) is 17.3. The predicted molar refractivity (Wildman–Crippen MR) is 114 cm³/mol. The Kier molecular flexibility index (Phi) is 7.06. The van der Waals surface area contributed by atoms with E-state index in [2.05, 4.69) is 30.9 Å². The van der Waals surface area contributed by atoms with Gasteiger partial charge in [-0.15, -0.1) is 0 Å². The summed E-state index contributed by atoms with van der Waals surface area (Å²) in [7, 11) is 0. The van der Waals surface area contributed by atoms with Gasteiger partial charge in [0.2, 0.25) is 11.9 Å². The molecule has 172 valence electrons. The number of nitrogens with one attached hydrogen (secondary N) is 3. The Morgan fingerprint density at radius 3 is 2.48 bits per heavy atom. The normalized spacial score (nSPS) is 11.0. The fourth-order valence-electron chi connectivity index (χ4n) is 2.80. The number of aromatic nitrogens is 3. The molecule has 1 amide bonds. The Balaban J connectivity index is 1.70. The van der Waals surface area contributed by atoms with E-state index in [1.54, 1.807) is 30.5 Å². The zero-order chi connectivity index (χ0) is 24.0. The maximum absolute atomic E-state index is 12.9. The summed E-state index contributed by atoms with van der Waals surface area (Å²) in [5.74, 6) is -1.40. The number of amides is 1. The molecule has 0 spiro atoms. The van der Waals surface area contributed by atoms with Crippen molar-refractivity contribution < 1.29 is 27.9 Å². The zero-order valence-electron chi connectivity index (χ0n) is 17.3. The first kappa shape index (κ1) is 23.4. The lowest BCUT2D eigenvalue weighted by molar-refractivity contribution is -0.141. The molecule has 3 rings (SSSR count). The van der Waals surface area contributed by atoms with Gasteiger partial charge in [-0.1, -0.05) is 6.07 Å². The molecule has 3 aromatic rings. The van der Waals surface area contributed by atoms with Crippen molar-refractivity contribution in [2.24, 2.45) is 0 Å². The highest BCUT2D eigenvalue weighted by Gasteiger charge is 2.32. The predicted octanol–water partition coefficient (Wildman–Crippen LogP) is 3.22. The first-order valence-corrected chi connectivity index (χ1v) is 9.58. The fraction of sp³-hybridized carbons (Fsp3) is 0.190. The van der Waals surface area contributed by atoms with Crippen LogP contribution in [0.2, 0.25) is 0 Å². The van der Waals surface area contributed by atoms with Crippen LogP contribution in [-0.4, -0.2) is 45.0 Å². The maximum atomic E-state index is 12.9. The number of benzene rings is 1. The quantitative estimate of drug-likeness (QED) is 0.403. The molecule has 0 saturated carbocycles. The van der Waals surface area contributed by atoms with Crippen LogP contribution < -0.4 is 16.0 Å². The lowest BCUT2D eigenvalue weighted by atomic mass is 10.0. The van der Waals surface area contributed by atoms with Crippen LogP contribution in [0, 0.1) is 6.92 Å². The van der Waals surface area contributed by atoms with Crippen LogP contribution in [0.3, 0.4) is 0 Å². The smallest absolute Gasteiger partial charge is 0.433 e. The molecule has 2 aromatic heterocycles. The molecular weight excluding hydrogens is 441 g/mol. The molecule has 0 bridgehead atoms. The largest absolute Gasteiger partial charge is 0.480 e. The molecule has 0 aliphatic rings. The Morgan fingerprint density at radius 2 is 1.82 bits per heavy atom. The molecule has 0 saturated heterocycles. The van der Waals surface area contributed by atoms with E-state index in [9.17, 15) is 22.8 Å². The first-order valence-electron chi connectivity index (χ1n) is 9.58. The lowest BCUT2D eigenvalue weighted by Crippen LogP contribution is -2.33. The van der Waals surface area contributed by atoms with Crippen LogP contribution in [0.25, 0.3) is 11.1 Å². The summed E-state index contributed by atoms with van der Waals surface area (Å²) in [5, 5.41) is 16.3. The molecule has 9 nitrogen and oxygen atoms in total. The number of aryl methyl sites for hydroxylation is 1. The van der Waals surface area contributed by atoms with E-state index in [0.717, 1.165) is 29.0 Å². The highest BCUT2D eigenvalue weighted by atomic mass is 19.4. The van der Waals surface area contributed by atoms with Gasteiger partial charge in [0.05, 0.1) is 6.54 Å². The van der Waals surface area contributed by atoms with Gasteiger partial charge in [0.25, 0.3) is 0 Å². The fourth-order valence-corrected chi connectivity index (χ4v) is 2.80. The number of aliphatic carboxylic acids is 1. The second kappa shape index (κ2) is 9.94. The minimum Gasteiger partial charge on any atom is -0.480 e. The third-order valence-corrected chi connectivity index (χ3v) is 4.24. The Labute approximate surface area is 186 Å². The third kappa shape index (κ3) is 6.89. The number of alkyl halides is 3. The standard InChI is InChI=1S/C21H19F3N6O3/c1-12-6-14(8-15(7-12)29-20-25-5-4-16(30-20)21(22,23)24)13-2-3-17(26-9-13)27-10-18(31)28-11-19(32)33/h2-9H,10-11H2,1H3,(H,26,27)(H,28,31)(H,32,33)(H,25,29,30). The minimum absolute atomic E-state index is 0.144. The first-order chi connectivity index (χ1) is 15.6. The number of carbonyl (C=O) groups excluding carboxylic acids is 1. The van der Waals surface area contributed by atoms with E-state index in [1.165, 1.54) is 0 Å². The van der Waals surface area contributed by atoms with E-state index in [1.807, 2.05) is 13.0 Å². The number of hydrogen-bond acceptors (Lipinski definition) is 7.